The van der Waals surface area contributed by atoms with Gasteiger partial charge in [0.05, 0.1) is 22.6 Å². The number of benzene rings is 3. The first kappa shape index (κ1) is 24.2. The number of amides is 2. The maximum absolute atomic E-state index is 13.7. The van der Waals surface area contributed by atoms with E-state index in [1.165, 1.54) is 0 Å². The Labute approximate surface area is 205 Å². The molecule has 180 valence electrons. The van der Waals surface area contributed by atoms with E-state index in [2.05, 4.69) is 5.32 Å². The minimum atomic E-state index is -0.475. The molecule has 0 spiro atoms. The van der Waals surface area contributed by atoms with Crippen LogP contribution in [0.1, 0.15) is 24.4 Å². The second kappa shape index (κ2) is 10.5. The number of anilines is 1. The van der Waals surface area contributed by atoms with Gasteiger partial charge < -0.3 is 15.1 Å². The molecular formula is C28H31N5O2. The molecule has 0 saturated carbocycles. The lowest BCUT2D eigenvalue weighted by Gasteiger charge is -2.31. The molecule has 4 aromatic rings. The van der Waals surface area contributed by atoms with Gasteiger partial charge in [0.15, 0.2) is 0 Å². The highest BCUT2D eigenvalue weighted by Gasteiger charge is 2.27. The zero-order valence-corrected chi connectivity index (χ0v) is 20.6. The summed E-state index contributed by atoms with van der Waals surface area (Å²) in [6.45, 7) is 5.03. The van der Waals surface area contributed by atoms with Gasteiger partial charge in [0, 0.05) is 18.8 Å². The number of hydrogen-bond donors (Lipinski definition) is 1. The molecule has 0 fully saturated rings. The maximum atomic E-state index is 13.7. The Kier molecular flexibility index (Phi) is 7.27. The number of urea groups is 1. The lowest BCUT2D eigenvalue weighted by molar-refractivity contribution is 0.181. The van der Waals surface area contributed by atoms with E-state index in [0.717, 1.165) is 11.3 Å². The van der Waals surface area contributed by atoms with Gasteiger partial charge in [-0.3, -0.25) is 9.36 Å². The largest absolute Gasteiger partial charge is 0.322 e. The zero-order chi connectivity index (χ0) is 24.9. The molecule has 35 heavy (non-hydrogen) atoms. The highest BCUT2D eigenvalue weighted by molar-refractivity contribution is 5.89. The van der Waals surface area contributed by atoms with Gasteiger partial charge >= 0.3 is 6.03 Å². The average molecular weight is 470 g/mol. The number of fused-ring (bicyclic) bond motifs is 1. The minimum Gasteiger partial charge on any atom is -0.313 e. The van der Waals surface area contributed by atoms with Crippen LogP contribution in [0.3, 0.4) is 0 Å². The topological polar surface area (TPSA) is 70.5 Å². The normalized spacial score (nSPS) is 12.0. The fourth-order valence-corrected chi connectivity index (χ4v) is 4.08. The van der Waals surface area contributed by atoms with Gasteiger partial charge in [0.25, 0.3) is 5.56 Å². The molecule has 1 heterocycles. The fourth-order valence-electron chi connectivity index (χ4n) is 4.08. The fraction of sp³-hybridized carbons (Fsp3) is 0.250. The summed E-state index contributed by atoms with van der Waals surface area (Å²) in [5.74, 6) is 0.515. The first-order chi connectivity index (χ1) is 16.8. The molecule has 0 saturated heterocycles. The predicted molar refractivity (Wildman–Crippen MR) is 141 cm³/mol. The van der Waals surface area contributed by atoms with Crippen molar-refractivity contribution in [3.8, 4) is 5.69 Å². The van der Waals surface area contributed by atoms with Crippen LogP contribution in [0, 0.1) is 6.92 Å². The van der Waals surface area contributed by atoms with E-state index in [1.807, 2.05) is 106 Å². The number of nitrogens with zero attached hydrogens (tertiary/aromatic N) is 4. The molecule has 2 amide bonds. The first-order valence-corrected chi connectivity index (χ1v) is 11.7. The van der Waals surface area contributed by atoms with Gasteiger partial charge in [0.1, 0.15) is 5.82 Å². The van der Waals surface area contributed by atoms with E-state index >= 15 is 0 Å². The molecule has 1 atom stereocenters. The number of hydrogen-bond acceptors (Lipinski definition) is 4. The number of para-hydroxylation sites is 2. The Bertz CT molecular complexity index is 1380. The third-order valence-corrected chi connectivity index (χ3v) is 5.98. The quantitative estimate of drug-likeness (QED) is 0.420. The van der Waals surface area contributed by atoms with Crippen LogP contribution in [-0.2, 0) is 0 Å². The smallest absolute Gasteiger partial charge is 0.313 e. The zero-order valence-electron chi connectivity index (χ0n) is 20.6. The number of aryl methyl sites for hydroxylation is 1. The molecule has 0 aliphatic carbocycles. The monoisotopic (exact) mass is 469 g/mol. The van der Waals surface area contributed by atoms with Crippen LogP contribution in [0.15, 0.2) is 83.7 Å². The highest BCUT2D eigenvalue weighted by atomic mass is 16.2. The third-order valence-electron chi connectivity index (χ3n) is 5.98. The van der Waals surface area contributed by atoms with E-state index < -0.39 is 6.04 Å². The van der Waals surface area contributed by atoms with Crippen molar-refractivity contribution < 1.29 is 4.79 Å². The lowest BCUT2D eigenvalue weighted by Crippen LogP contribution is -2.43. The maximum Gasteiger partial charge on any atom is 0.322 e. The van der Waals surface area contributed by atoms with Gasteiger partial charge in [-0.25, -0.2) is 9.78 Å². The van der Waals surface area contributed by atoms with Gasteiger partial charge in [0.2, 0.25) is 0 Å². The van der Waals surface area contributed by atoms with Crippen LogP contribution in [0.4, 0.5) is 10.5 Å². The molecular weight excluding hydrogens is 438 g/mol. The summed E-state index contributed by atoms with van der Waals surface area (Å²) in [5, 5.41) is 3.53. The summed E-state index contributed by atoms with van der Waals surface area (Å²) >= 11 is 0. The van der Waals surface area contributed by atoms with Gasteiger partial charge in [-0.05, 0) is 69.9 Å². The summed E-state index contributed by atoms with van der Waals surface area (Å²) < 4.78 is 1.64. The van der Waals surface area contributed by atoms with Crippen LogP contribution >= 0.6 is 0 Å². The second-order valence-corrected chi connectivity index (χ2v) is 8.94. The number of likely N-dealkylation sites (N-methyl/N-ethyl adjacent to an activating group) is 1. The van der Waals surface area contributed by atoms with Crippen LogP contribution in [0.5, 0.6) is 0 Å². The van der Waals surface area contributed by atoms with Gasteiger partial charge in [-0.15, -0.1) is 0 Å². The van der Waals surface area contributed by atoms with Gasteiger partial charge in [-0.2, -0.15) is 0 Å². The number of nitrogens with one attached hydrogen (secondary N) is 1. The van der Waals surface area contributed by atoms with Crippen molar-refractivity contribution in [2.45, 2.75) is 19.9 Å². The first-order valence-electron chi connectivity index (χ1n) is 11.7. The summed E-state index contributed by atoms with van der Waals surface area (Å²) in [5.41, 5.74) is 2.93. The van der Waals surface area contributed by atoms with Crippen molar-refractivity contribution in [2.24, 2.45) is 0 Å². The molecule has 0 bridgehead atoms. The summed E-state index contributed by atoms with van der Waals surface area (Å²) in [4.78, 5) is 35.8. The number of rotatable bonds is 7. The Morgan fingerprint density at radius 3 is 2.40 bits per heavy atom. The summed E-state index contributed by atoms with van der Waals surface area (Å²) in [7, 11) is 3.93. The molecule has 0 radical (unpaired) electrons. The van der Waals surface area contributed by atoms with E-state index in [0.29, 0.717) is 35.5 Å². The third kappa shape index (κ3) is 5.41. The van der Waals surface area contributed by atoms with E-state index in [1.54, 1.807) is 15.5 Å². The Hall–Kier alpha value is -3.97. The van der Waals surface area contributed by atoms with E-state index in [9.17, 15) is 9.59 Å². The average Bonchev–Trinajstić information content (AvgIpc) is 2.84. The van der Waals surface area contributed by atoms with Crippen LogP contribution in [0.2, 0.25) is 0 Å². The molecule has 7 heteroatoms. The molecule has 7 nitrogen and oxygen atoms in total. The molecule has 1 unspecified atom stereocenters. The molecule has 4 rings (SSSR count). The number of aromatic nitrogens is 2. The standard InChI is InChI=1S/C28H31N5O2/c1-20-11-10-14-23(19-20)33-26(30-25-16-9-8-15-24(25)27(33)34)21(2)32(18-17-31(3)4)28(35)29-22-12-6-5-7-13-22/h5-16,19,21H,17-18H2,1-4H3,(H,29,35). The molecule has 1 aromatic heterocycles. The van der Waals surface area contributed by atoms with Gasteiger partial charge in [-0.1, -0.05) is 42.5 Å². The van der Waals surface area contributed by atoms with Crippen molar-refractivity contribution in [1.82, 2.24) is 19.4 Å². The Balaban J connectivity index is 1.84. The SMILES string of the molecule is Cc1cccc(-n2c(C(C)N(CCN(C)C)C(=O)Nc3ccccc3)nc3ccccc3c2=O)c1. The van der Waals surface area contributed by atoms with Crippen molar-refractivity contribution in [1.29, 1.82) is 0 Å². The van der Waals surface area contributed by atoms with E-state index in [-0.39, 0.29) is 11.6 Å². The molecule has 3 aromatic carbocycles. The van der Waals surface area contributed by atoms with Crippen molar-refractivity contribution in [3.05, 3.63) is 101 Å². The minimum absolute atomic E-state index is 0.154. The van der Waals surface area contributed by atoms with E-state index in [4.69, 9.17) is 4.98 Å². The van der Waals surface area contributed by atoms with Crippen LogP contribution in [-0.4, -0.2) is 52.6 Å². The Morgan fingerprint density at radius 1 is 0.971 bits per heavy atom. The number of carbonyl (C=O) groups excluding carboxylic acids is 1. The predicted octanol–water partition coefficient (Wildman–Crippen LogP) is 4.85. The summed E-state index contributed by atoms with van der Waals surface area (Å²) in [6, 6.07) is 23.7. The van der Waals surface area contributed by atoms with Crippen molar-refractivity contribution >= 4 is 22.6 Å². The van der Waals surface area contributed by atoms with Crippen molar-refractivity contribution in [2.75, 3.05) is 32.5 Å². The lowest BCUT2D eigenvalue weighted by atomic mass is 10.1. The summed E-state index contributed by atoms with van der Waals surface area (Å²) in [6.07, 6.45) is 0. The molecule has 0 aliphatic rings. The van der Waals surface area contributed by atoms with Crippen LogP contribution < -0.4 is 10.9 Å². The molecule has 0 aliphatic heterocycles. The van der Waals surface area contributed by atoms with Crippen molar-refractivity contribution in [3.63, 3.8) is 0 Å². The van der Waals surface area contributed by atoms with Crippen LogP contribution in [0.25, 0.3) is 16.6 Å². The highest BCUT2D eigenvalue weighted by Crippen LogP contribution is 2.24. The Morgan fingerprint density at radius 2 is 1.69 bits per heavy atom. The number of carbonyl (C=O) groups is 1. The second-order valence-electron chi connectivity index (χ2n) is 8.94. The molecule has 1 N–H and O–H groups in total.